The number of carbonyl (C=O) groups excluding carboxylic acids is 1. The van der Waals surface area contributed by atoms with E-state index in [9.17, 15) is 4.79 Å². The van der Waals surface area contributed by atoms with Crippen LogP contribution in [0.2, 0.25) is 5.02 Å². The summed E-state index contributed by atoms with van der Waals surface area (Å²) in [6.45, 7) is 0.333. The quantitative estimate of drug-likeness (QED) is 0.425. The van der Waals surface area contributed by atoms with E-state index in [0.29, 0.717) is 35.7 Å². The van der Waals surface area contributed by atoms with Crippen molar-refractivity contribution in [2.75, 3.05) is 14.2 Å². The van der Waals surface area contributed by atoms with Crippen LogP contribution in [-0.2, 0) is 17.8 Å². The molecular formula is C25H22ClN3O3. The summed E-state index contributed by atoms with van der Waals surface area (Å²) in [5, 5.41) is 5.36. The second-order valence-electron chi connectivity index (χ2n) is 7.94. The molecule has 1 unspecified atom stereocenters. The van der Waals surface area contributed by atoms with Gasteiger partial charge in [-0.2, -0.15) is 5.10 Å². The molecule has 7 heteroatoms. The zero-order valence-corrected chi connectivity index (χ0v) is 18.6. The molecule has 0 bridgehead atoms. The normalized spacial score (nSPS) is 15.7. The minimum absolute atomic E-state index is 0.0466. The molecule has 2 aromatic heterocycles. The lowest BCUT2D eigenvalue weighted by Crippen LogP contribution is -2.21. The van der Waals surface area contributed by atoms with Gasteiger partial charge in [0.15, 0.2) is 11.4 Å². The van der Waals surface area contributed by atoms with Crippen LogP contribution >= 0.6 is 11.6 Å². The zero-order valence-electron chi connectivity index (χ0n) is 17.8. The predicted molar refractivity (Wildman–Crippen MR) is 123 cm³/mol. The molecule has 5 rings (SSSR count). The highest BCUT2D eigenvalue weighted by molar-refractivity contribution is 6.30. The van der Waals surface area contributed by atoms with Gasteiger partial charge in [0, 0.05) is 24.8 Å². The van der Waals surface area contributed by atoms with Gasteiger partial charge < -0.3 is 9.47 Å². The lowest BCUT2D eigenvalue weighted by Gasteiger charge is -2.23. The van der Waals surface area contributed by atoms with Gasteiger partial charge in [-0.25, -0.2) is 9.50 Å². The SMILES string of the molecule is COCc1nn2cc3c(nc2c1-c1cccc(OC)c1)CC(c1cccc(Cl)c1)CC3=O. The van der Waals surface area contributed by atoms with Gasteiger partial charge in [0.05, 0.1) is 36.2 Å². The fourth-order valence-corrected chi connectivity index (χ4v) is 4.59. The van der Waals surface area contributed by atoms with Gasteiger partial charge in [0.2, 0.25) is 0 Å². The summed E-state index contributed by atoms with van der Waals surface area (Å²) in [5.41, 5.74) is 5.74. The number of hydrogen-bond acceptors (Lipinski definition) is 5. The highest BCUT2D eigenvalue weighted by Gasteiger charge is 2.29. The highest BCUT2D eigenvalue weighted by Crippen LogP contribution is 2.36. The van der Waals surface area contributed by atoms with Gasteiger partial charge in [0.25, 0.3) is 0 Å². The van der Waals surface area contributed by atoms with E-state index in [1.807, 2.05) is 48.5 Å². The van der Waals surface area contributed by atoms with E-state index in [1.165, 1.54) is 0 Å². The monoisotopic (exact) mass is 447 g/mol. The Morgan fingerprint density at radius 1 is 1.12 bits per heavy atom. The standard InChI is InChI=1S/C25H22ClN3O3/c1-31-14-22-24(16-6-4-8-19(10-16)32-2)25-27-21-11-17(15-5-3-7-18(26)9-15)12-23(30)20(21)13-29(25)28-22/h3-10,13,17H,11-12,14H2,1-2H3. The van der Waals surface area contributed by atoms with Crippen LogP contribution in [0.25, 0.3) is 16.8 Å². The molecule has 2 aromatic carbocycles. The van der Waals surface area contributed by atoms with Crippen molar-refractivity contribution in [3.8, 4) is 16.9 Å². The number of aromatic nitrogens is 3. The number of halogens is 1. The summed E-state index contributed by atoms with van der Waals surface area (Å²) < 4.78 is 12.5. The van der Waals surface area contributed by atoms with E-state index >= 15 is 0 Å². The Bertz CT molecular complexity index is 1330. The number of ketones is 1. The number of hydrogen-bond donors (Lipinski definition) is 0. The van der Waals surface area contributed by atoms with Crippen LogP contribution < -0.4 is 4.74 Å². The van der Waals surface area contributed by atoms with E-state index < -0.39 is 0 Å². The molecular weight excluding hydrogens is 426 g/mol. The van der Waals surface area contributed by atoms with Crippen molar-refractivity contribution < 1.29 is 14.3 Å². The van der Waals surface area contributed by atoms with Gasteiger partial charge in [-0.1, -0.05) is 35.9 Å². The molecule has 4 aromatic rings. The van der Waals surface area contributed by atoms with Crippen LogP contribution in [-0.4, -0.2) is 34.6 Å². The number of ether oxygens (including phenoxy) is 2. The molecule has 6 nitrogen and oxygen atoms in total. The van der Waals surface area contributed by atoms with Crippen molar-refractivity contribution >= 4 is 23.0 Å². The third-order valence-electron chi connectivity index (χ3n) is 5.89. The van der Waals surface area contributed by atoms with Crippen LogP contribution in [0, 0.1) is 0 Å². The van der Waals surface area contributed by atoms with Gasteiger partial charge in [-0.3, -0.25) is 4.79 Å². The summed E-state index contributed by atoms with van der Waals surface area (Å²) in [4.78, 5) is 18.0. The summed E-state index contributed by atoms with van der Waals surface area (Å²) in [7, 11) is 3.28. The Kier molecular flexibility index (Phi) is 5.41. The minimum atomic E-state index is 0.0466. The lowest BCUT2D eigenvalue weighted by molar-refractivity contribution is 0.0962. The first-order chi connectivity index (χ1) is 15.6. The second kappa shape index (κ2) is 8.37. The molecule has 0 radical (unpaired) electrons. The first kappa shape index (κ1) is 20.7. The number of methoxy groups -OCH3 is 2. The Morgan fingerprint density at radius 3 is 2.75 bits per heavy atom. The molecule has 1 aliphatic carbocycles. The molecule has 0 spiro atoms. The third kappa shape index (κ3) is 3.66. The largest absolute Gasteiger partial charge is 0.497 e. The summed E-state index contributed by atoms with van der Waals surface area (Å²) in [6.07, 6.45) is 2.90. The lowest BCUT2D eigenvalue weighted by atomic mass is 9.82. The number of Topliss-reactive ketones (excluding diaryl/α,β-unsaturated/α-hetero) is 1. The number of carbonyl (C=O) groups is 1. The number of nitrogens with zero attached hydrogens (tertiary/aromatic N) is 3. The molecule has 2 heterocycles. The summed E-state index contributed by atoms with van der Waals surface area (Å²) in [5.74, 6) is 0.863. The van der Waals surface area contributed by atoms with Crippen LogP contribution in [0.4, 0.5) is 0 Å². The molecule has 162 valence electrons. The molecule has 1 aliphatic rings. The molecule has 0 N–H and O–H groups in total. The maximum absolute atomic E-state index is 13.0. The molecule has 0 amide bonds. The number of fused-ring (bicyclic) bond motifs is 2. The van der Waals surface area contributed by atoms with Gasteiger partial charge in [0.1, 0.15) is 5.75 Å². The summed E-state index contributed by atoms with van der Waals surface area (Å²) >= 11 is 6.19. The Hall–Kier alpha value is -3.22. The summed E-state index contributed by atoms with van der Waals surface area (Å²) in [6, 6.07) is 15.5. The van der Waals surface area contributed by atoms with Crippen LogP contribution in [0.3, 0.4) is 0 Å². The average molecular weight is 448 g/mol. The van der Waals surface area contributed by atoms with Crippen molar-refractivity contribution in [1.29, 1.82) is 0 Å². The minimum Gasteiger partial charge on any atom is -0.497 e. The molecule has 0 fully saturated rings. The molecule has 0 aliphatic heterocycles. The van der Waals surface area contributed by atoms with Gasteiger partial charge in [-0.15, -0.1) is 0 Å². The van der Waals surface area contributed by atoms with Crippen molar-refractivity contribution in [3.63, 3.8) is 0 Å². The topological polar surface area (TPSA) is 65.7 Å². The second-order valence-corrected chi connectivity index (χ2v) is 8.38. The predicted octanol–water partition coefficient (Wildman–Crippen LogP) is 5.12. The average Bonchev–Trinajstić information content (AvgIpc) is 3.15. The molecule has 0 saturated heterocycles. The fraction of sp³-hybridized carbons (Fsp3) is 0.240. The van der Waals surface area contributed by atoms with E-state index in [0.717, 1.165) is 33.8 Å². The molecule has 1 atom stereocenters. The van der Waals surface area contributed by atoms with Crippen molar-refractivity contribution in [3.05, 3.63) is 82.3 Å². The smallest absolute Gasteiger partial charge is 0.166 e. The van der Waals surface area contributed by atoms with Gasteiger partial charge in [-0.05, 0) is 47.7 Å². The Labute approximate surface area is 190 Å². The Balaban J connectivity index is 1.65. The van der Waals surface area contributed by atoms with Crippen molar-refractivity contribution in [2.24, 2.45) is 0 Å². The number of benzene rings is 2. The van der Waals surface area contributed by atoms with E-state index in [2.05, 4.69) is 5.10 Å². The third-order valence-corrected chi connectivity index (χ3v) is 6.13. The highest BCUT2D eigenvalue weighted by atomic mass is 35.5. The van der Waals surface area contributed by atoms with Crippen LogP contribution in [0.15, 0.2) is 54.7 Å². The Morgan fingerprint density at radius 2 is 1.97 bits per heavy atom. The maximum atomic E-state index is 13.0. The molecule has 0 saturated carbocycles. The van der Waals surface area contributed by atoms with Crippen LogP contribution in [0.1, 0.15) is 39.6 Å². The van der Waals surface area contributed by atoms with Crippen LogP contribution in [0.5, 0.6) is 5.75 Å². The van der Waals surface area contributed by atoms with E-state index in [4.69, 9.17) is 26.1 Å². The fourth-order valence-electron chi connectivity index (χ4n) is 4.39. The first-order valence-electron chi connectivity index (χ1n) is 10.4. The molecule has 32 heavy (non-hydrogen) atoms. The van der Waals surface area contributed by atoms with Crippen molar-refractivity contribution in [2.45, 2.75) is 25.4 Å². The first-order valence-corrected chi connectivity index (χ1v) is 10.8. The zero-order chi connectivity index (χ0) is 22.2. The maximum Gasteiger partial charge on any atom is 0.166 e. The van der Waals surface area contributed by atoms with E-state index in [1.54, 1.807) is 24.9 Å². The number of rotatable bonds is 5. The van der Waals surface area contributed by atoms with Crippen molar-refractivity contribution in [1.82, 2.24) is 14.6 Å². The van der Waals surface area contributed by atoms with Gasteiger partial charge >= 0.3 is 0 Å². The van der Waals surface area contributed by atoms with E-state index in [-0.39, 0.29) is 11.7 Å².